The van der Waals surface area contributed by atoms with Crippen LogP contribution in [0.5, 0.6) is 0 Å². The second kappa shape index (κ2) is 5.29. The van der Waals surface area contributed by atoms with Crippen molar-refractivity contribution >= 4 is 5.84 Å². The molecule has 0 saturated carbocycles. The first-order valence-corrected chi connectivity index (χ1v) is 6.67. The van der Waals surface area contributed by atoms with Crippen LogP contribution >= 0.6 is 0 Å². The fourth-order valence-electron chi connectivity index (χ4n) is 2.51. The molecular formula is C15H16FN3O2. The number of aromatic nitrogens is 1. The van der Waals surface area contributed by atoms with Crippen molar-refractivity contribution in [2.45, 2.75) is 18.9 Å². The maximum absolute atomic E-state index is 14.2. The summed E-state index contributed by atoms with van der Waals surface area (Å²) in [6.07, 6.45) is 2.08. The first kappa shape index (κ1) is 13.8. The molecular weight excluding hydrogens is 273 g/mol. The van der Waals surface area contributed by atoms with E-state index in [2.05, 4.69) is 10.1 Å². The molecule has 21 heavy (non-hydrogen) atoms. The van der Waals surface area contributed by atoms with Crippen molar-refractivity contribution in [1.29, 1.82) is 0 Å². The third-order valence-corrected chi connectivity index (χ3v) is 3.51. The summed E-state index contributed by atoms with van der Waals surface area (Å²) in [6, 6.07) is 6.74. The highest BCUT2D eigenvalue weighted by molar-refractivity contribution is 5.82. The number of amidine groups is 1. The fraction of sp³-hybridized carbons (Fsp3) is 0.333. The van der Waals surface area contributed by atoms with E-state index < -0.39 is 5.54 Å². The molecule has 0 spiro atoms. The number of hydrogen-bond acceptors (Lipinski definition) is 5. The third-order valence-electron chi connectivity index (χ3n) is 3.51. The van der Waals surface area contributed by atoms with Gasteiger partial charge in [0.25, 0.3) is 0 Å². The summed E-state index contributed by atoms with van der Waals surface area (Å²) < 4.78 is 24.4. The van der Waals surface area contributed by atoms with E-state index in [1.54, 1.807) is 18.2 Å². The van der Waals surface area contributed by atoms with Crippen molar-refractivity contribution in [2.75, 3.05) is 13.2 Å². The van der Waals surface area contributed by atoms with Gasteiger partial charge in [-0.3, -0.25) is 4.99 Å². The lowest BCUT2D eigenvalue weighted by atomic mass is 9.90. The predicted octanol–water partition coefficient (Wildman–Crippen LogP) is 2.01. The number of benzene rings is 1. The number of nitrogens with two attached hydrogens (primary N) is 1. The van der Waals surface area contributed by atoms with Crippen LogP contribution in [0.3, 0.4) is 0 Å². The maximum Gasteiger partial charge on any atom is 0.128 e. The fourth-order valence-corrected chi connectivity index (χ4v) is 2.51. The Morgan fingerprint density at radius 3 is 2.95 bits per heavy atom. The van der Waals surface area contributed by atoms with Gasteiger partial charge in [0.2, 0.25) is 0 Å². The molecule has 2 heterocycles. The molecule has 0 amide bonds. The van der Waals surface area contributed by atoms with Gasteiger partial charge in [-0.05, 0) is 24.6 Å². The molecule has 0 aliphatic carbocycles. The lowest BCUT2D eigenvalue weighted by Gasteiger charge is -2.30. The first-order chi connectivity index (χ1) is 10.1. The van der Waals surface area contributed by atoms with Gasteiger partial charge in [-0.25, -0.2) is 4.39 Å². The number of hydrogen-bond donors (Lipinski definition) is 1. The predicted molar refractivity (Wildman–Crippen MR) is 75.5 cm³/mol. The van der Waals surface area contributed by atoms with E-state index in [0.717, 1.165) is 11.3 Å². The minimum atomic E-state index is -0.799. The Hall–Kier alpha value is -2.21. The monoisotopic (exact) mass is 289 g/mol. The number of halogens is 1. The van der Waals surface area contributed by atoms with Crippen LogP contribution in [0, 0.1) is 5.82 Å². The quantitative estimate of drug-likeness (QED) is 0.938. The largest absolute Gasteiger partial charge is 0.386 e. The summed E-state index contributed by atoms with van der Waals surface area (Å²) in [6.45, 7) is 2.41. The summed E-state index contributed by atoms with van der Waals surface area (Å²) in [5.74, 6) is 0.0634. The van der Waals surface area contributed by atoms with Gasteiger partial charge in [0.05, 0.1) is 12.3 Å². The highest BCUT2D eigenvalue weighted by Gasteiger charge is 2.32. The van der Waals surface area contributed by atoms with Crippen molar-refractivity contribution in [2.24, 2.45) is 10.7 Å². The van der Waals surface area contributed by atoms with Crippen LogP contribution in [-0.4, -0.2) is 24.2 Å². The molecule has 2 N–H and O–H groups in total. The lowest BCUT2D eigenvalue weighted by Crippen LogP contribution is -2.38. The highest BCUT2D eigenvalue weighted by Crippen LogP contribution is 2.31. The van der Waals surface area contributed by atoms with Gasteiger partial charge in [0, 0.05) is 18.1 Å². The smallest absolute Gasteiger partial charge is 0.128 e. The summed E-state index contributed by atoms with van der Waals surface area (Å²) in [4.78, 5) is 4.38. The maximum atomic E-state index is 14.2. The zero-order chi connectivity index (χ0) is 14.9. The molecule has 0 saturated heterocycles. The molecule has 1 aliphatic rings. The molecule has 0 unspecified atom stereocenters. The van der Waals surface area contributed by atoms with E-state index in [4.69, 9.17) is 15.0 Å². The number of ether oxygens (including phenoxy) is 1. The van der Waals surface area contributed by atoms with Gasteiger partial charge in [-0.15, -0.1) is 0 Å². The Morgan fingerprint density at radius 2 is 2.24 bits per heavy atom. The second-order valence-corrected chi connectivity index (χ2v) is 5.35. The van der Waals surface area contributed by atoms with Crippen LogP contribution in [0.25, 0.3) is 0 Å². The summed E-state index contributed by atoms with van der Waals surface area (Å²) >= 11 is 0. The zero-order valence-electron chi connectivity index (χ0n) is 11.7. The molecule has 1 atom stereocenters. The molecule has 0 radical (unpaired) electrons. The van der Waals surface area contributed by atoms with E-state index in [0.29, 0.717) is 24.4 Å². The summed E-state index contributed by atoms with van der Waals surface area (Å²) in [5.41, 5.74) is 7.13. The van der Waals surface area contributed by atoms with Crippen molar-refractivity contribution in [3.63, 3.8) is 0 Å². The van der Waals surface area contributed by atoms with Gasteiger partial charge in [-0.1, -0.05) is 11.2 Å². The zero-order valence-corrected chi connectivity index (χ0v) is 11.7. The van der Waals surface area contributed by atoms with Gasteiger partial charge < -0.3 is 15.0 Å². The SMILES string of the molecule is C[C@@]1(c2cc(Cc3ccon3)ccc2F)COCC(N)=N1. The summed E-state index contributed by atoms with van der Waals surface area (Å²) in [5, 5.41) is 3.86. The second-order valence-electron chi connectivity index (χ2n) is 5.35. The van der Waals surface area contributed by atoms with E-state index in [9.17, 15) is 4.39 Å². The van der Waals surface area contributed by atoms with Crippen LogP contribution in [0.4, 0.5) is 4.39 Å². The molecule has 110 valence electrons. The molecule has 5 nitrogen and oxygen atoms in total. The lowest BCUT2D eigenvalue weighted by molar-refractivity contribution is 0.104. The molecule has 6 heteroatoms. The van der Waals surface area contributed by atoms with Crippen LogP contribution in [-0.2, 0) is 16.7 Å². The van der Waals surface area contributed by atoms with Crippen molar-refractivity contribution in [1.82, 2.24) is 5.16 Å². The van der Waals surface area contributed by atoms with Crippen LogP contribution in [0.1, 0.15) is 23.7 Å². The van der Waals surface area contributed by atoms with E-state index in [1.165, 1.54) is 12.3 Å². The molecule has 0 fully saturated rings. The van der Waals surface area contributed by atoms with Crippen molar-refractivity contribution in [3.05, 3.63) is 53.2 Å². The number of aliphatic imine (C=N–C) groups is 1. The first-order valence-electron chi connectivity index (χ1n) is 6.67. The Morgan fingerprint density at radius 1 is 1.38 bits per heavy atom. The Balaban J connectivity index is 1.96. The van der Waals surface area contributed by atoms with Crippen molar-refractivity contribution in [3.8, 4) is 0 Å². The number of rotatable bonds is 3. The van der Waals surface area contributed by atoms with Crippen LogP contribution in [0.2, 0.25) is 0 Å². The number of nitrogens with zero attached hydrogens (tertiary/aromatic N) is 2. The van der Waals surface area contributed by atoms with Crippen LogP contribution in [0.15, 0.2) is 40.0 Å². The average Bonchev–Trinajstić information content (AvgIpc) is 2.93. The summed E-state index contributed by atoms with van der Waals surface area (Å²) in [7, 11) is 0. The van der Waals surface area contributed by atoms with Gasteiger partial charge in [0.1, 0.15) is 30.1 Å². The molecule has 1 aromatic heterocycles. The normalized spacial score (nSPS) is 22.1. The minimum Gasteiger partial charge on any atom is -0.386 e. The Kier molecular flexibility index (Phi) is 3.47. The highest BCUT2D eigenvalue weighted by atomic mass is 19.1. The minimum absolute atomic E-state index is 0.288. The van der Waals surface area contributed by atoms with E-state index in [1.807, 2.05) is 6.92 Å². The van der Waals surface area contributed by atoms with E-state index >= 15 is 0 Å². The molecule has 1 aliphatic heterocycles. The topological polar surface area (TPSA) is 73.6 Å². The molecule has 1 aromatic carbocycles. The van der Waals surface area contributed by atoms with E-state index in [-0.39, 0.29) is 12.4 Å². The molecule has 2 aromatic rings. The van der Waals surface area contributed by atoms with Gasteiger partial charge >= 0.3 is 0 Å². The van der Waals surface area contributed by atoms with Crippen molar-refractivity contribution < 1.29 is 13.7 Å². The Labute approximate surface area is 121 Å². The van der Waals surface area contributed by atoms with Crippen LogP contribution < -0.4 is 5.73 Å². The third kappa shape index (κ3) is 2.80. The average molecular weight is 289 g/mol. The standard InChI is InChI=1S/C15H16FN3O2/c1-15(9-20-8-14(17)18-15)12-7-10(2-3-13(12)16)6-11-4-5-21-19-11/h2-5,7H,6,8-9H2,1H3,(H2,17,18)/t15-/m0/s1. The Bertz CT molecular complexity index is 670. The van der Waals surface area contributed by atoms with Gasteiger partial charge in [-0.2, -0.15) is 0 Å². The molecule has 0 bridgehead atoms. The van der Waals surface area contributed by atoms with Gasteiger partial charge in [0.15, 0.2) is 0 Å². The molecule has 3 rings (SSSR count).